The molecular weight excluding hydrogens is 196 g/mol. The molecule has 0 aromatic carbocycles. The molecule has 1 rings (SSSR count). The highest BCUT2D eigenvalue weighted by Crippen LogP contribution is 2.31. The Kier molecular flexibility index (Phi) is 2.93. The largest absolute Gasteiger partial charge is 0.480 e. The van der Waals surface area contributed by atoms with Crippen molar-refractivity contribution in [3.63, 3.8) is 0 Å². The average Bonchev–Trinajstić information content (AvgIpc) is 2.46. The van der Waals surface area contributed by atoms with Crippen molar-refractivity contribution in [2.45, 2.75) is 4.21 Å². The van der Waals surface area contributed by atoms with Crippen LogP contribution in [0.5, 0.6) is 5.88 Å². The zero-order valence-electron chi connectivity index (χ0n) is 6.66. The highest BCUT2D eigenvalue weighted by atomic mass is 32.2. The van der Waals surface area contributed by atoms with E-state index in [-0.39, 0.29) is 0 Å². The van der Waals surface area contributed by atoms with Crippen LogP contribution in [-0.4, -0.2) is 23.6 Å². The summed E-state index contributed by atoms with van der Waals surface area (Å²) in [6.07, 6.45) is 1.86. The summed E-state index contributed by atoms with van der Waals surface area (Å²) >= 11 is 2.65. The van der Waals surface area contributed by atoms with Crippen LogP contribution < -0.4 is 10.5 Å². The van der Waals surface area contributed by atoms with E-state index in [2.05, 4.69) is 4.37 Å². The second-order valence-corrected chi connectivity index (χ2v) is 3.77. The van der Waals surface area contributed by atoms with Crippen LogP contribution in [0.4, 0.5) is 0 Å². The first-order valence-electron chi connectivity index (χ1n) is 3.08. The van der Waals surface area contributed by atoms with Crippen LogP contribution in [0.15, 0.2) is 4.21 Å². The molecule has 0 saturated carbocycles. The molecule has 0 aliphatic rings. The lowest BCUT2D eigenvalue weighted by molar-refractivity contribution is 0.0995. The number of carbonyl (C=O) groups is 1. The second-order valence-electron chi connectivity index (χ2n) is 1.92. The summed E-state index contributed by atoms with van der Waals surface area (Å²) in [4.78, 5) is 10.9. The fraction of sp³-hybridized carbons (Fsp3) is 0.333. The minimum absolute atomic E-state index is 0.317. The molecule has 0 saturated heterocycles. The highest BCUT2D eigenvalue weighted by Gasteiger charge is 2.18. The van der Waals surface area contributed by atoms with Crippen molar-refractivity contribution in [2.24, 2.45) is 5.73 Å². The van der Waals surface area contributed by atoms with Gasteiger partial charge in [-0.15, -0.1) is 11.8 Å². The van der Waals surface area contributed by atoms with Gasteiger partial charge < -0.3 is 10.5 Å². The number of aromatic nitrogens is 1. The Labute approximate surface area is 78.3 Å². The van der Waals surface area contributed by atoms with E-state index in [9.17, 15) is 4.79 Å². The highest BCUT2D eigenvalue weighted by molar-refractivity contribution is 8.00. The first-order chi connectivity index (χ1) is 5.70. The van der Waals surface area contributed by atoms with E-state index in [1.165, 1.54) is 30.4 Å². The molecular formula is C6H8N2O2S2. The number of nitrogens with two attached hydrogens (primary N) is 1. The zero-order chi connectivity index (χ0) is 9.14. The van der Waals surface area contributed by atoms with Gasteiger partial charge in [-0.3, -0.25) is 4.79 Å². The van der Waals surface area contributed by atoms with E-state index in [1.807, 2.05) is 6.26 Å². The lowest BCUT2D eigenvalue weighted by Crippen LogP contribution is -2.12. The number of amides is 1. The Morgan fingerprint density at radius 2 is 2.42 bits per heavy atom. The smallest absolute Gasteiger partial charge is 0.256 e. The minimum atomic E-state index is -0.495. The molecule has 0 unspecified atom stereocenters. The van der Waals surface area contributed by atoms with Gasteiger partial charge in [-0.1, -0.05) is 0 Å². The van der Waals surface area contributed by atoms with Gasteiger partial charge in [-0.2, -0.15) is 4.37 Å². The normalized spacial score (nSPS) is 9.83. The molecule has 66 valence electrons. The van der Waals surface area contributed by atoms with Gasteiger partial charge in [-0.05, 0) is 17.8 Å². The van der Waals surface area contributed by atoms with Gasteiger partial charge in [0, 0.05) is 0 Å². The van der Waals surface area contributed by atoms with E-state index in [0.29, 0.717) is 11.4 Å². The Bertz CT molecular complexity index is 276. The number of methoxy groups -OCH3 is 1. The summed E-state index contributed by atoms with van der Waals surface area (Å²) in [6, 6.07) is 0. The number of primary amides is 1. The lowest BCUT2D eigenvalue weighted by Gasteiger charge is -1.97. The topological polar surface area (TPSA) is 65.2 Å². The summed E-state index contributed by atoms with van der Waals surface area (Å²) in [5.74, 6) is -0.179. The zero-order valence-corrected chi connectivity index (χ0v) is 8.29. The Balaban J connectivity index is 3.16. The molecule has 0 atom stereocenters. The molecule has 0 aliphatic carbocycles. The molecule has 0 aliphatic heterocycles. The molecule has 0 radical (unpaired) electrons. The lowest BCUT2D eigenvalue weighted by atomic mass is 10.3. The van der Waals surface area contributed by atoms with Crippen LogP contribution in [-0.2, 0) is 0 Å². The van der Waals surface area contributed by atoms with Crippen LogP contribution >= 0.6 is 23.3 Å². The third-order valence-electron chi connectivity index (χ3n) is 1.25. The fourth-order valence-electron chi connectivity index (χ4n) is 0.746. The molecule has 6 heteroatoms. The Hall–Kier alpha value is -0.750. The molecule has 4 nitrogen and oxygen atoms in total. The second kappa shape index (κ2) is 3.77. The molecule has 0 spiro atoms. The number of thioether (sulfide) groups is 1. The van der Waals surface area contributed by atoms with Crippen molar-refractivity contribution in [3.8, 4) is 5.88 Å². The Morgan fingerprint density at radius 1 is 1.75 bits per heavy atom. The van der Waals surface area contributed by atoms with E-state index in [4.69, 9.17) is 10.5 Å². The van der Waals surface area contributed by atoms with E-state index in [1.54, 1.807) is 0 Å². The van der Waals surface area contributed by atoms with E-state index >= 15 is 0 Å². The minimum Gasteiger partial charge on any atom is -0.480 e. The van der Waals surface area contributed by atoms with Gasteiger partial charge in [0.1, 0.15) is 5.56 Å². The predicted octanol–water partition coefficient (Wildman–Crippen LogP) is 0.972. The van der Waals surface area contributed by atoms with E-state index < -0.39 is 5.91 Å². The number of rotatable bonds is 3. The quantitative estimate of drug-likeness (QED) is 0.745. The average molecular weight is 204 g/mol. The molecule has 0 fully saturated rings. The Morgan fingerprint density at radius 3 is 2.83 bits per heavy atom. The number of hydrogen-bond donors (Lipinski definition) is 1. The molecule has 0 bridgehead atoms. The molecule has 1 aromatic heterocycles. The van der Waals surface area contributed by atoms with Gasteiger partial charge in [0.15, 0.2) is 0 Å². The van der Waals surface area contributed by atoms with Crippen molar-refractivity contribution in [2.75, 3.05) is 13.4 Å². The van der Waals surface area contributed by atoms with Crippen LogP contribution in [0, 0.1) is 0 Å². The van der Waals surface area contributed by atoms with Crippen LogP contribution in [0.1, 0.15) is 10.4 Å². The molecule has 12 heavy (non-hydrogen) atoms. The molecule has 1 heterocycles. The molecule has 1 aromatic rings. The number of ether oxygens (including phenoxy) is 1. The van der Waals surface area contributed by atoms with Gasteiger partial charge in [0.2, 0.25) is 5.88 Å². The molecule has 2 N–H and O–H groups in total. The molecule has 1 amide bonds. The maximum Gasteiger partial charge on any atom is 0.256 e. The van der Waals surface area contributed by atoms with Crippen molar-refractivity contribution in [1.29, 1.82) is 0 Å². The van der Waals surface area contributed by atoms with Crippen LogP contribution in [0.25, 0.3) is 0 Å². The van der Waals surface area contributed by atoms with Crippen LogP contribution in [0.2, 0.25) is 0 Å². The van der Waals surface area contributed by atoms with Crippen molar-refractivity contribution in [1.82, 2.24) is 4.37 Å². The van der Waals surface area contributed by atoms with Crippen molar-refractivity contribution >= 4 is 29.2 Å². The first-order valence-corrected chi connectivity index (χ1v) is 5.08. The van der Waals surface area contributed by atoms with Gasteiger partial charge in [0.25, 0.3) is 5.91 Å². The van der Waals surface area contributed by atoms with Crippen molar-refractivity contribution in [3.05, 3.63) is 5.56 Å². The number of nitrogens with zero attached hydrogens (tertiary/aromatic N) is 1. The SMILES string of the molecule is COc1nsc(SC)c1C(N)=O. The van der Waals surface area contributed by atoms with Crippen LogP contribution in [0.3, 0.4) is 0 Å². The fourth-order valence-corrected chi connectivity index (χ4v) is 2.16. The van der Waals surface area contributed by atoms with Gasteiger partial charge in [0.05, 0.1) is 11.3 Å². The monoisotopic (exact) mass is 204 g/mol. The first kappa shape index (κ1) is 9.34. The van der Waals surface area contributed by atoms with E-state index in [0.717, 1.165) is 4.21 Å². The standard InChI is InChI=1S/C6H8N2O2S2/c1-10-5-3(4(7)9)6(11-2)12-8-5/h1-2H3,(H2,7,9). The van der Waals surface area contributed by atoms with Crippen molar-refractivity contribution < 1.29 is 9.53 Å². The summed E-state index contributed by atoms with van der Waals surface area (Å²) in [6.45, 7) is 0. The summed E-state index contributed by atoms with van der Waals surface area (Å²) < 4.78 is 9.59. The number of carbonyl (C=O) groups excluding carboxylic acids is 1. The predicted molar refractivity (Wildman–Crippen MR) is 49.0 cm³/mol. The number of hydrogen-bond acceptors (Lipinski definition) is 5. The summed E-state index contributed by atoms with van der Waals surface area (Å²) in [7, 11) is 1.46. The maximum absolute atomic E-state index is 10.9. The van der Waals surface area contributed by atoms with Gasteiger partial charge >= 0.3 is 0 Å². The summed E-state index contributed by atoms with van der Waals surface area (Å²) in [5.41, 5.74) is 5.53. The third-order valence-corrected chi connectivity index (χ3v) is 3.18. The maximum atomic E-state index is 10.9. The van der Waals surface area contributed by atoms with Gasteiger partial charge in [-0.25, -0.2) is 0 Å². The summed E-state index contributed by atoms with van der Waals surface area (Å²) in [5, 5.41) is 0. The third kappa shape index (κ3) is 1.54.